The molecule has 0 N–H and O–H groups in total. The molecule has 3 aromatic heterocycles. The van der Waals surface area contributed by atoms with Crippen molar-refractivity contribution in [3.63, 3.8) is 0 Å². The maximum atomic E-state index is 15.2. The molecule has 7 nitrogen and oxygen atoms in total. The van der Waals surface area contributed by atoms with E-state index in [1.54, 1.807) is 19.5 Å². The standard InChI is InChI=1S/C25H24FN5O2/c1-32-21-11-18(16-5-3-2-4-6-16)24-23(21)29-22-12-20(26)19(15-31(22)24)17-13-27-25(28-14-17)30-7-9-33-10-8-30/h2-6,12-15,18,21H,7-11H2,1H3. The van der Waals surface area contributed by atoms with Gasteiger partial charge in [0.15, 0.2) is 0 Å². The number of aromatic nitrogens is 4. The van der Waals surface area contributed by atoms with Crippen LogP contribution in [0.1, 0.15) is 35.4 Å². The summed E-state index contributed by atoms with van der Waals surface area (Å²) in [6.45, 7) is 2.82. The average Bonchev–Trinajstić information content (AvgIpc) is 3.41. The third kappa shape index (κ3) is 3.46. The summed E-state index contributed by atoms with van der Waals surface area (Å²) in [6, 6.07) is 11.8. The van der Waals surface area contributed by atoms with Gasteiger partial charge in [0, 0.05) is 61.9 Å². The molecule has 0 spiro atoms. The van der Waals surface area contributed by atoms with Crippen molar-refractivity contribution in [2.45, 2.75) is 18.4 Å². The highest BCUT2D eigenvalue weighted by Gasteiger charge is 2.37. The summed E-state index contributed by atoms with van der Waals surface area (Å²) in [5, 5.41) is 0. The lowest BCUT2D eigenvalue weighted by Crippen LogP contribution is -2.37. The molecular formula is C25H24FN5O2. The lowest BCUT2D eigenvalue weighted by atomic mass is 9.96. The van der Waals surface area contributed by atoms with Crippen LogP contribution >= 0.6 is 0 Å². The van der Waals surface area contributed by atoms with Gasteiger partial charge < -0.3 is 18.8 Å². The van der Waals surface area contributed by atoms with Crippen LogP contribution in [0.4, 0.5) is 10.3 Å². The van der Waals surface area contributed by atoms with E-state index in [0.29, 0.717) is 35.9 Å². The lowest BCUT2D eigenvalue weighted by molar-refractivity contribution is 0.0995. The van der Waals surface area contributed by atoms with Crippen molar-refractivity contribution in [3.8, 4) is 11.1 Å². The highest BCUT2D eigenvalue weighted by Crippen LogP contribution is 2.46. The minimum Gasteiger partial charge on any atom is -0.378 e. The smallest absolute Gasteiger partial charge is 0.225 e. The zero-order valence-electron chi connectivity index (χ0n) is 18.3. The molecule has 0 amide bonds. The summed E-state index contributed by atoms with van der Waals surface area (Å²) in [4.78, 5) is 15.8. The van der Waals surface area contributed by atoms with E-state index in [1.807, 2.05) is 28.8 Å². The molecule has 168 valence electrons. The summed E-state index contributed by atoms with van der Waals surface area (Å²) in [5.74, 6) is 0.415. The quantitative estimate of drug-likeness (QED) is 0.473. The van der Waals surface area contributed by atoms with Gasteiger partial charge in [0.25, 0.3) is 0 Å². The zero-order chi connectivity index (χ0) is 22.4. The Balaban J connectivity index is 1.43. The Morgan fingerprint density at radius 1 is 1.09 bits per heavy atom. The molecule has 0 radical (unpaired) electrons. The van der Waals surface area contributed by atoms with Crippen LogP contribution in [0.3, 0.4) is 0 Å². The SMILES string of the molecule is COC1CC(c2ccccc2)c2c1nc1cc(F)c(-c3cnc(N4CCOCC4)nc3)cn21. The first-order chi connectivity index (χ1) is 16.2. The van der Waals surface area contributed by atoms with Crippen LogP contribution in [-0.4, -0.2) is 52.8 Å². The third-order valence-electron chi connectivity index (χ3n) is 6.59. The Kier molecular flexibility index (Phi) is 5.04. The number of morpholine rings is 1. The molecule has 6 rings (SSSR count). The fraction of sp³-hybridized carbons (Fsp3) is 0.320. The van der Waals surface area contributed by atoms with Crippen molar-refractivity contribution in [1.82, 2.24) is 19.4 Å². The second kappa shape index (κ2) is 8.20. The van der Waals surface area contributed by atoms with Gasteiger partial charge in [-0.25, -0.2) is 19.3 Å². The second-order valence-corrected chi connectivity index (χ2v) is 8.44. The molecule has 8 heteroatoms. The summed E-state index contributed by atoms with van der Waals surface area (Å²) in [6.07, 6.45) is 5.88. The van der Waals surface area contributed by atoms with Gasteiger partial charge in [-0.1, -0.05) is 30.3 Å². The molecule has 4 heterocycles. The van der Waals surface area contributed by atoms with Crippen molar-refractivity contribution in [2.24, 2.45) is 0 Å². The number of hydrogen-bond donors (Lipinski definition) is 0. The van der Waals surface area contributed by atoms with Gasteiger partial charge in [-0.15, -0.1) is 0 Å². The number of fused-ring (bicyclic) bond motifs is 3. The van der Waals surface area contributed by atoms with Crippen molar-refractivity contribution in [2.75, 3.05) is 38.3 Å². The van der Waals surface area contributed by atoms with E-state index in [9.17, 15) is 0 Å². The molecule has 1 aliphatic carbocycles. The first-order valence-corrected chi connectivity index (χ1v) is 11.2. The van der Waals surface area contributed by atoms with E-state index in [4.69, 9.17) is 14.5 Å². The van der Waals surface area contributed by atoms with Gasteiger partial charge in [0.05, 0.1) is 24.6 Å². The number of anilines is 1. The predicted octanol–water partition coefficient (Wildman–Crippen LogP) is 3.99. The average molecular weight is 445 g/mol. The first kappa shape index (κ1) is 20.3. The number of ether oxygens (including phenoxy) is 2. The minimum atomic E-state index is -0.348. The lowest BCUT2D eigenvalue weighted by Gasteiger charge is -2.26. The molecule has 4 aromatic rings. The van der Waals surface area contributed by atoms with Crippen LogP contribution in [0.25, 0.3) is 16.8 Å². The summed E-state index contributed by atoms with van der Waals surface area (Å²) in [7, 11) is 1.70. The van der Waals surface area contributed by atoms with Gasteiger partial charge in [0.1, 0.15) is 17.6 Å². The second-order valence-electron chi connectivity index (χ2n) is 8.44. The van der Waals surface area contributed by atoms with Crippen LogP contribution in [0, 0.1) is 5.82 Å². The van der Waals surface area contributed by atoms with Crippen LogP contribution in [0.5, 0.6) is 0 Å². The summed E-state index contributed by atoms with van der Waals surface area (Å²) < 4.78 is 28.3. The maximum absolute atomic E-state index is 15.2. The number of methoxy groups -OCH3 is 1. The molecule has 1 aliphatic heterocycles. The van der Waals surface area contributed by atoms with Gasteiger partial charge in [-0.2, -0.15) is 0 Å². The van der Waals surface area contributed by atoms with Crippen molar-refractivity contribution < 1.29 is 13.9 Å². The zero-order valence-corrected chi connectivity index (χ0v) is 18.3. The molecule has 2 unspecified atom stereocenters. The number of hydrogen-bond acceptors (Lipinski definition) is 6. The number of nitrogens with zero attached hydrogens (tertiary/aromatic N) is 5. The Hall–Kier alpha value is -3.36. The van der Waals surface area contributed by atoms with Crippen molar-refractivity contribution in [1.29, 1.82) is 0 Å². The van der Waals surface area contributed by atoms with E-state index >= 15 is 4.39 Å². The van der Waals surface area contributed by atoms with Crippen molar-refractivity contribution in [3.05, 3.63) is 77.8 Å². The molecule has 0 bridgehead atoms. The molecule has 1 saturated heterocycles. The molecule has 2 aliphatic rings. The van der Waals surface area contributed by atoms with Gasteiger partial charge in [-0.05, 0) is 12.0 Å². The highest BCUT2D eigenvalue weighted by atomic mass is 19.1. The van der Waals surface area contributed by atoms with E-state index in [2.05, 4.69) is 27.0 Å². The number of halogens is 1. The van der Waals surface area contributed by atoms with Crippen LogP contribution in [0.2, 0.25) is 0 Å². The van der Waals surface area contributed by atoms with Gasteiger partial charge >= 0.3 is 0 Å². The molecular weight excluding hydrogens is 421 g/mol. The molecule has 1 aromatic carbocycles. The summed E-state index contributed by atoms with van der Waals surface area (Å²) >= 11 is 0. The van der Waals surface area contributed by atoms with Gasteiger partial charge in [-0.3, -0.25) is 0 Å². The molecule has 1 fully saturated rings. The Labute approximate surface area is 190 Å². The number of benzene rings is 1. The van der Waals surface area contributed by atoms with Crippen LogP contribution < -0.4 is 4.90 Å². The maximum Gasteiger partial charge on any atom is 0.225 e. The minimum absolute atomic E-state index is 0.118. The highest BCUT2D eigenvalue weighted by molar-refractivity contribution is 5.65. The Bertz CT molecular complexity index is 1290. The normalized spacial score (nSPS) is 20.4. The molecule has 2 atom stereocenters. The largest absolute Gasteiger partial charge is 0.378 e. The Morgan fingerprint density at radius 3 is 2.58 bits per heavy atom. The monoisotopic (exact) mass is 445 g/mol. The van der Waals surface area contributed by atoms with E-state index in [-0.39, 0.29) is 17.8 Å². The summed E-state index contributed by atoms with van der Waals surface area (Å²) in [5.41, 5.74) is 4.78. The Morgan fingerprint density at radius 2 is 1.85 bits per heavy atom. The van der Waals surface area contributed by atoms with Crippen LogP contribution in [-0.2, 0) is 9.47 Å². The van der Waals surface area contributed by atoms with Crippen molar-refractivity contribution >= 4 is 11.6 Å². The van der Waals surface area contributed by atoms with E-state index in [1.165, 1.54) is 11.6 Å². The first-order valence-electron chi connectivity index (χ1n) is 11.2. The number of rotatable bonds is 4. The fourth-order valence-electron chi connectivity index (χ4n) is 4.91. The van der Waals surface area contributed by atoms with E-state index in [0.717, 1.165) is 30.9 Å². The predicted molar refractivity (Wildman–Crippen MR) is 122 cm³/mol. The molecule has 33 heavy (non-hydrogen) atoms. The number of pyridine rings is 1. The van der Waals surface area contributed by atoms with Crippen LogP contribution in [0.15, 0.2) is 55.0 Å². The third-order valence-corrected chi connectivity index (χ3v) is 6.59. The topological polar surface area (TPSA) is 64.8 Å². The number of imidazole rings is 1. The molecule has 0 saturated carbocycles. The fourth-order valence-corrected chi connectivity index (χ4v) is 4.91. The van der Waals surface area contributed by atoms with Gasteiger partial charge in [0.2, 0.25) is 5.95 Å². The van der Waals surface area contributed by atoms with E-state index < -0.39 is 0 Å².